The van der Waals surface area contributed by atoms with Crippen molar-refractivity contribution in [3.63, 3.8) is 0 Å². The third-order valence-electron chi connectivity index (χ3n) is 2.57. The van der Waals surface area contributed by atoms with E-state index in [0.717, 1.165) is 12.5 Å². The minimum atomic E-state index is -3.87. The van der Waals surface area contributed by atoms with Crippen molar-refractivity contribution in [1.82, 2.24) is 9.71 Å². The van der Waals surface area contributed by atoms with Gasteiger partial charge in [-0.3, -0.25) is 0 Å². The maximum atomic E-state index is 13.3. The van der Waals surface area contributed by atoms with E-state index in [1.807, 2.05) is 0 Å². The van der Waals surface area contributed by atoms with E-state index >= 15 is 0 Å². The van der Waals surface area contributed by atoms with E-state index in [1.165, 1.54) is 12.3 Å². The van der Waals surface area contributed by atoms with E-state index in [0.29, 0.717) is 13.2 Å². The van der Waals surface area contributed by atoms with Crippen LogP contribution >= 0.6 is 0 Å². The summed E-state index contributed by atoms with van der Waals surface area (Å²) in [5, 5.41) is -0.557. The SMILES string of the molecule is O=S(=O)(NCC1CCOC1)c1ncccc1F. The Bertz CT molecular complexity index is 486. The van der Waals surface area contributed by atoms with Crippen LogP contribution in [0.1, 0.15) is 6.42 Å². The summed E-state index contributed by atoms with van der Waals surface area (Å²) in [5.41, 5.74) is 0. The quantitative estimate of drug-likeness (QED) is 0.857. The monoisotopic (exact) mass is 260 g/mol. The lowest BCUT2D eigenvalue weighted by molar-refractivity contribution is 0.186. The first-order chi connectivity index (χ1) is 8.09. The van der Waals surface area contributed by atoms with Crippen molar-refractivity contribution in [1.29, 1.82) is 0 Å². The Kier molecular flexibility index (Phi) is 3.70. The maximum absolute atomic E-state index is 13.3. The van der Waals surface area contributed by atoms with Crippen LogP contribution in [-0.4, -0.2) is 33.2 Å². The first-order valence-electron chi connectivity index (χ1n) is 5.27. The highest BCUT2D eigenvalue weighted by molar-refractivity contribution is 7.89. The summed E-state index contributed by atoms with van der Waals surface area (Å²) in [7, 11) is -3.87. The average Bonchev–Trinajstić information content (AvgIpc) is 2.80. The summed E-state index contributed by atoms with van der Waals surface area (Å²) in [6, 6.07) is 2.42. The summed E-state index contributed by atoms with van der Waals surface area (Å²) in [6.07, 6.45) is 2.06. The van der Waals surface area contributed by atoms with E-state index in [2.05, 4.69) is 9.71 Å². The predicted octanol–water partition coefficient (Wildman–Crippen LogP) is 0.535. The maximum Gasteiger partial charge on any atom is 0.261 e. The second kappa shape index (κ2) is 5.07. The zero-order valence-electron chi connectivity index (χ0n) is 9.10. The van der Waals surface area contributed by atoms with Crippen LogP contribution in [0.15, 0.2) is 23.4 Å². The normalized spacial score (nSPS) is 20.6. The van der Waals surface area contributed by atoms with Gasteiger partial charge in [-0.15, -0.1) is 0 Å². The van der Waals surface area contributed by atoms with Crippen LogP contribution in [0.2, 0.25) is 0 Å². The highest BCUT2D eigenvalue weighted by Gasteiger charge is 2.23. The van der Waals surface area contributed by atoms with Crippen LogP contribution in [-0.2, 0) is 14.8 Å². The smallest absolute Gasteiger partial charge is 0.261 e. The van der Waals surface area contributed by atoms with Gasteiger partial charge in [-0.2, -0.15) is 0 Å². The van der Waals surface area contributed by atoms with E-state index in [9.17, 15) is 12.8 Å². The van der Waals surface area contributed by atoms with Crippen molar-refractivity contribution in [2.75, 3.05) is 19.8 Å². The lowest BCUT2D eigenvalue weighted by Gasteiger charge is -2.09. The second-order valence-corrected chi connectivity index (χ2v) is 5.55. The largest absolute Gasteiger partial charge is 0.381 e. The van der Waals surface area contributed by atoms with Gasteiger partial charge in [0.1, 0.15) is 0 Å². The zero-order chi connectivity index (χ0) is 12.3. The summed E-state index contributed by atoms with van der Waals surface area (Å²) in [5.74, 6) is -0.695. The lowest BCUT2D eigenvalue weighted by atomic mass is 10.1. The molecule has 1 aromatic heterocycles. The topological polar surface area (TPSA) is 68.3 Å². The van der Waals surface area contributed by atoms with Crippen molar-refractivity contribution in [2.24, 2.45) is 5.92 Å². The standard InChI is InChI=1S/C10H13FN2O3S/c11-9-2-1-4-12-10(9)17(14,15)13-6-8-3-5-16-7-8/h1-2,4,8,13H,3,5-7H2. The van der Waals surface area contributed by atoms with Crippen LogP contribution in [0.4, 0.5) is 4.39 Å². The molecule has 94 valence electrons. The molecule has 0 bridgehead atoms. The van der Waals surface area contributed by atoms with Gasteiger partial charge in [-0.1, -0.05) is 0 Å². The molecule has 1 saturated heterocycles. The lowest BCUT2D eigenvalue weighted by Crippen LogP contribution is -2.30. The Hall–Kier alpha value is -1.05. The Morgan fingerprint density at radius 3 is 3.06 bits per heavy atom. The molecule has 1 atom stereocenters. The molecule has 1 N–H and O–H groups in total. The molecule has 2 rings (SSSR count). The molecule has 0 aliphatic carbocycles. The van der Waals surface area contributed by atoms with Crippen molar-refractivity contribution in [3.8, 4) is 0 Å². The average molecular weight is 260 g/mol. The molecule has 0 saturated carbocycles. The van der Waals surface area contributed by atoms with Crippen molar-refractivity contribution in [3.05, 3.63) is 24.1 Å². The van der Waals surface area contributed by atoms with Gasteiger partial charge in [0.15, 0.2) is 5.82 Å². The highest BCUT2D eigenvalue weighted by atomic mass is 32.2. The van der Waals surface area contributed by atoms with Gasteiger partial charge in [0.05, 0.1) is 6.61 Å². The number of nitrogens with zero attached hydrogens (tertiary/aromatic N) is 1. The van der Waals surface area contributed by atoms with Gasteiger partial charge >= 0.3 is 0 Å². The van der Waals surface area contributed by atoms with Gasteiger partial charge in [0, 0.05) is 19.3 Å². The molecule has 0 spiro atoms. The van der Waals surface area contributed by atoms with Crippen molar-refractivity contribution < 1.29 is 17.5 Å². The van der Waals surface area contributed by atoms with Gasteiger partial charge in [0.25, 0.3) is 10.0 Å². The fourth-order valence-electron chi connectivity index (χ4n) is 1.61. The third kappa shape index (κ3) is 2.99. The minimum absolute atomic E-state index is 0.150. The number of rotatable bonds is 4. The third-order valence-corrected chi connectivity index (χ3v) is 3.92. The molecule has 0 aromatic carbocycles. The number of aromatic nitrogens is 1. The van der Waals surface area contributed by atoms with E-state index in [-0.39, 0.29) is 12.5 Å². The molecule has 5 nitrogen and oxygen atoms in total. The fraction of sp³-hybridized carbons (Fsp3) is 0.500. The first kappa shape index (κ1) is 12.4. The van der Waals surface area contributed by atoms with E-state index < -0.39 is 20.9 Å². The van der Waals surface area contributed by atoms with Crippen LogP contribution in [0, 0.1) is 11.7 Å². The number of ether oxygens (including phenoxy) is 1. The minimum Gasteiger partial charge on any atom is -0.381 e. The van der Waals surface area contributed by atoms with Crippen molar-refractivity contribution >= 4 is 10.0 Å². The molecule has 0 radical (unpaired) electrons. The molecular weight excluding hydrogens is 247 g/mol. The van der Waals surface area contributed by atoms with Gasteiger partial charge in [-0.25, -0.2) is 22.5 Å². The summed E-state index contributed by atoms with van der Waals surface area (Å²) >= 11 is 0. The number of halogens is 1. The number of nitrogens with one attached hydrogen (secondary N) is 1. The highest BCUT2D eigenvalue weighted by Crippen LogP contribution is 2.13. The Balaban J connectivity index is 2.06. The molecule has 1 aliphatic rings. The van der Waals surface area contributed by atoms with Gasteiger partial charge in [0.2, 0.25) is 5.03 Å². The number of hydrogen-bond acceptors (Lipinski definition) is 4. The predicted molar refractivity (Wildman–Crippen MR) is 58.3 cm³/mol. The van der Waals surface area contributed by atoms with Gasteiger partial charge < -0.3 is 4.74 Å². The van der Waals surface area contributed by atoms with Crippen LogP contribution < -0.4 is 4.72 Å². The Labute approximate surface area is 99.1 Å². The number of sulfonamides is 1. The fourth-order valence-corrected chi connectivity index (χ4v) is 2.73. The van der Waals surface area contributed by atoms with E-state index in [4.69, 9.17) is 4.74 Å². The molecule has 1 aromatic rings. The van der Waals surface area contributed by atoms with Crippen molar-refractivity contribution in [2.45, 2.75) is 11.4 Å². The Morgan fingerprint density at radius 2 is 2.41 bits per heavy atom. The summed E-state index contributed by atoms with van der Waals surface area (Å²) in [6.45, 7) is 1.43. The summed E-state index contributed by atoms with van der Waals surface area (Å²) < 4.78 is 44.3. The molecule has 1 fully saturated rings. The zero-order valence-corrected chi connectivity index (χ0v) is 9.91. The summed E-state index contributed by atoms with van der Waals surface area (Å²) in [4.78, 5) is 3.54. The first-order valence-corrected chi connectivity index (χ1v) is 6.76. The second-order valence-electron chi connectivity index (χ2n) is 3.87. The van der Waals surface area contributed by atoms with Crippen LogP contribution in [0.25, 0.3) is 0 Å². The molecule has 0 amide bonds. The molecule has 17 heavy (non-hydrogen) atoms. The van der Waals surface area contributed by atoms with Crippen LogP contribution in [0.5, 0.6) is 0 Å². The number of pyridine rings is 1. The number of hydrogen-bond donors (Lipinski definition) is 1. The van der Waals surface area contributed by atoms with Crippen LogP contribution in [0.3, 0.4) is 0 Å². The molecule has 2 heterocycles. The van der Waals surface area contributed by atoms with Gasteiger partial charge in [-0.05, 0) is 24.5 Å². The molecule has 1 unspecified atom stereocenters. The Morgan fingerprint density at radius 1 is 1.59 bits per heavy atom. The molecular formula is C10H13FN2O3S. The molecule has 1 aliphatic heterocycles. The van der Waals surface area contributed by atoms with E-state index in [1.54, 1.807) is 0 Å². The molecule has 7 heteroatoms.